The van der Waals surface area contributed by atoms with E-state index in [0.717, 1.165) is 37.4 Å². The zero-order valence-corrected chi connectivity index (χ0v) is 17.9. The first-order valence-electron chi connectivity index (χ1n) is 10.5. The molecule has 0 aliphatic carbocycles. The highest BCUT2D eigenvalue weighted by Gasteiger charge is 2.38. The fourth-order valence-corrected chi connectivity index (χ4v) is 4.17. The van der Waals surface area contributed by atoms with E-state index in [-0.39, 0.29) is 24.4 Å². The summed E-state index contributed by atoms with van der Waals surface area (Å²) in [6.45, 7) is 3.04. The highest BCUT2D eigenvalue weighted by Crippen LogP contribution is 2.38. The van der Waals surface area contributed by atoms with Gasteiger partial charge in [-0.15, -0.1) is 0 Å². The molecule has 1 amide bonds. The Balaban J connectivity index is 1.54. The number of fused-ring (bicyclic) bond motifs is 1. The Morgan fingerprint density at radius 3 is 2.70 bits per heavy atom. The number of amides is 1. The van der Waals surface area contributed by atoms with Crippen molar-refractivity contribution in [2.24, 2.45) is 0 Å². The monoisotopic (exact) mass is 458 g/mol. The van der Waals surface area contributed by atoms with Crippen LogP contribution in [0.1, 0.15) is 47.2 Å². The quantitative estimate of drug-likeness (QED) is 0.643. The number of carbonyl (C=O) groups excluding carboxylic acids is 1. The van der Waals surface area contributed by atoms with E-state index in [9.17, 15) is 18.0 Å². The van der Waals surface area contributed by atoms with Gasteiger partial charge >= 0.3 is 6.18 Å². The van der Waals surface area contributed by atoms with Crippen LogP contribution in [0.4, 0.5) is 19.0 Å². The minimum Gasteiger partial charge on any atom is -0.481 e. The minimum atomic E-state index is -4.61. The second-order valence-electron chi connectivity index (χ2n) is 8.11. The summed E-state index contributed by atoms with van der Waals surface area (Å²) in [6, 6.07) is 5.80. The number of hydrogen-bond acceptors (Lipinski definition) is 6. The average molecular weight is 458 g/mol. The molecule has 2 atom stereocenters. The molecule has 3 aromatic rings. The predicted octanol–water partition coefficient (Wildman–Crippen LogP) is 3.62. The summed E-state index contributed by atoms with van der Waals surface area (Å²) in [5.74, 6) is -0.884. The van der Waals surface area contributed by atoms with Gasteiger partial charge < -0.3 is 10.1 Å². The lowest BCUT2D eigenvalue weighted by Crippen LogP contribution is -2.43. The lowest BCUT2D eigenvalue weighted by atomic mass is 9.98. The van der Waals surface area contributed by atoms with Crippen LogP contribution in [-0.2, 0) is 6.18 Å². The van der Waals surface area contributed by atoms with E-state index in [4.69, 9.17) is 4.74 Å². The molecule has 5 rings (SSSR count). The van der Waals surface area contributed by atoms with Crippen LogP contribution in [-0.4, -0.2) is 45.9 Å². The Morgan fingerprint density at radius 2 is 2.03 bits per heavy atom. The molecular weight excluding hydrogens is 437 g/mol. The maximum Gasteiger partial charge on any atom is 0.421 e. The first kappa shape index (κ1) is 21.4. The number of halogens is 3. The maximum atomic E-state index is 13.5. The molecule has 11 heteroatoms. The molecule has 0 aromatic carbocycles. The predicted molar refractivity (Wildman–Crippen MR) is 113 cm³/mol. The molecule has 0 spiro atoms. The number of alkyl halides is 3. The average Bonchev–Trinajstić information content (AvgIpc) is 3.20. The first-order chi connectivity index (χ1) is 15.8. The normalized spacial score (nSPS) is 20.4. The van der Waals surface area contributed by atoms with Crippen molar-refractivity contribution in [3.05, 3.63) is 53.6 Å². The van der Waals surface area contributed by atoms with E-state index in [1.807, 2.05) is 19.1 Å². The zero-order valence-electron chi connectivity index (χ0n) is 17.9. The van der Waals surface area contributed by atoms with Crippen LogP contribution in [0.2, 0.25) is 0 Å². The first-order valence-corrected chi connectivity index (χ1v) is 10.5. The number of nitrogens with one attached hydrogen (secondary N) is 1. The van der Waals surface area contributed by atoms with Crippen LogP contribution in [0.5, 0.6) is 5.88 Å². The topological polar surface area (TPSA) is 85.2 Å². The van der Waals surface area contributed by atoms with Gasteiger partial charge in [0.25, 0.3) is 5.91 Å². The maximum absolute atomic E-state index is 13.5. The number of aromatic nitrogens is 4. The number of rotatable bonds is 4. The van der Waals surface area contributed by atoms with E-state index < -0.39 is 23.5 Å². The van der Waals surface area contributed by atoms with Gasteiger partial charge in [0.15, 0.2) is 0 Å². The van der Waals surface area contributed by atoms with Crippen LogP contribution in [0.25, 0.3) is 11.1 Å². The van der Waals surface area contributed by atoms with Crippen LogP contribution >= 0.6 is 0 Å². The molecule has 0 bridgehead atoms. The van der Waals surface area contributed by atoms with Crippen molar-refractivity contribution < 1.29 is 22.7 Å². The molecule has 3 aromatic heterocycles. The molecule has 1 unspecified atom stereocenters. The SMILES string of the molecule is COc1nc(N2C[C@H](C)n3ncc(-c4ccnc(C5CCN5)c4)c3C2=O)ccc1C(F)(F)F. The third kappa shape index (κ3) is 3.62. The van der Waals surface area contributed by atoms with E-state index in [2.05, 4.69) is 20.4 Å². The van der Waals surface area contributed by atoms with Crippen molar-refractivity contribution in [2.45, 2.75) is 31.6 Å². The summed E-state index contributed by atoms with van der Waals surface area (Å²) >= 11 is 0. The van der Waals surface area contributed by atoms with Crippen LogP contribution in [0.3, 0.4) is 0 Å². The van der Waals surface area contributed by atoms with Gasteiger partial charge in [-0.25, -0.2) is 0 Å². The zero-order chi connectivity index (χ0) is 23.3. The summed E-state index contributed by atoms with van der Waals surface area (Å²) in [5, 5.41) is 7.73. The second-order valence-corrected chi connectivity index (χ2v) is 8.11. The molecule has 0 saturated carbocycles. The summed E-state index contributed by atoms with van der Waals surface area (Å²) in [5.41, 5.74) is 1.69. The highest BCUT2D eigenvalue weighted by atomic mass is 19.4. The number of ether oxygens (including phenoxy) is 1. The van der Waals surface area contributed by atoms with Gasteiger partial charge in [0.1, 0.15) is 17.1 Å². The van der Waals surface area contributed by atoms with Gasteiger partial charge in [0.2, 0.25) is 5.88 Å². The van der Waals surface area contributed by atoms with E-state index in [1.54, 1.807) is 17.1 Å². The third-order valence-electron chi connectivity index (χ3n) is 6.00. The number of nitrogens with zero attached hydrogens (tertiary/aromatic N) is 5. The molecular formula is C22H21F3N6O2. The largest absolute Gasteiger partial charge is 0.481 e. The standard InChI is InChI=1S/C22H21F3N6O2/c1-12-11-30(18-4-3-15(22(23,24)25)20(29-18)33-2)21(32)19-14(10-28-31(12)19)13-5-7-27-17(9-13)16-6-8-26-16/h3-5,7,9-10,12,16,26H,6,8,11H2,1-2H3/t12-,16?/m0/s1. The van der Waals surface area contributed by atoms with E-state index in [1.165, 1.54) is 11.0 Å². The molecule has 8 nitrogen and oxygen atoms in total. The molecule has 33 heavy (non-hydrogen) atoms. The molecule has 172 valence electrons. The van der Waals surface area contributed by atoms with Crippen molar-refractivity contribution in [1.29, 1.82) is 0 Å². The molecule has 1 fully saturated rings. The summed E-state index contributed by atoms with van der Waals surface area (Å²) in [4.78, 5) is 23.3. The number of pyridine rings is 2. The van der Waals surface area contributed by atoms with Gasteiger partial charge in [0.05, 0.1) is 31.1 Å². The van der Waals surface area contributed by atoms with Gasteiger partial charge in [-0.2, -0.15) is 23.3 Å². The highest BCUT2D eigenvalue weighted by molar-refractivity contribution is 6.09. The van der Waals surface area contributed by atoms with Gasteiger partial charge in [-0.1, -0.05) is 0 Å². The van der Waals surface area contributed by atoms with Crippen LogP contribution < -0.4 is 15.0 Å². The smallest absolute Gasteiger partial charge is 0.421 e. The molecule has 0 radical (unpaired) electrons. The van der Waals surface area contributed by atoms with Crippen molar-refractivity contribution in [3.63, 3.8) is 0 Å². The third-order valence-corrected chi connectivity index (χ3v) is 6.00. The Labute approximate surface area is 187 Å². The molecule has 2 aliphatic heterocycles. The minimum absolute atomic E-state index is 0.0872. The van der Waals surface area contributed by atoms with Crippen molar-refractivity contribution in [1.82, 2.24) is 25.1 Å². The Kier molecular flexibility index (Phi) is 5.08. The lowest BCUT2D eigenvalue weighted by Gasteiger charge is -2.32. The molecule has 1 N–H and O–H groups in total. The Bertz CT molecular complexity index is 1220. The van der Waals surface area contributed by atoms with Crippen LogP contribution in [0.15, 0.2) is 36.7 Å². The lowest BCUT2D eigenvalue weighted by molar-refractivity contribution is -0.139. The fourth-order valence-electron chi connectivity index (χ4n) is 4.17. The Hall–Kier alpha value is -3.47. The Morgan fingerprint density at radius 1 is 1.24 bits per heavy atom. The van der Waals surface area contributed by atoms with Crippen molar-refractivity contribution >= 4 is 11.7 Å². The van der Waals surface area contributed by atoms with Crippen LogP contribution in [0, 0.1) is 0 Å². The number of methoxy groups -OCH3 is 1. The summed E-state index contributed by atoms with van der Waals surface area (Å²) in [7, 11) is 1.12. The fraction of sp³-hybridized carbons (Fsp3) is 0.364. The van der Waals surface area contributed by atoms with Gasteiger partial charge in [0, 0.05) is 18.3 Å². The van der Waals surface area contributed by atoms with Crippen molar-refractivity contribution in [2.75, 3.05) is 25.1 Å². The summed E-state index contributed by atoms with van der Waals surface area (Å²) in [6.07, 6.45) is -0.281. The molecule has 1 saturated heterocycles. The molecule has 5 heterocycles. The van der Waals surface area contributed by atoms with E-state index >= 15 is 0 Å². The second kappa shape index (κ2) is 7.84. The summed E-state index contributed by atoms with van der Waals surface area (Å²) < 4.78 is 46.2. The number of carbonyl (C=O) groups is 1. The molecule has 2 aliphatic rings. The van der Waals surface area contributed by atoms with Gasteiger partial charge in [-0.05, 0) is 49.7 Å². The number of anilines is 1. The van der Waals surface area contributed by atoms with Crippen molar-refractivity contribution in [3.8, 4) is 17.0 Å². The van der Waals surface area contributed by atoms with E-state index in [0.29, 0.717) is 11.3 Å². The number of hydrogen-bond donors (Lipinski definition) is 1. The van der Waals surface area contributed by atoms with Gasteiger partial charge in [-0.3, -0.25) is 19.4 Å².